The van der Waals surface area contributed by atoms with Crippen LogP contribution in [0.4, 0.5) is 10.5 Å². The summed E-state index contributed by atoms with van der Waals surface area (Å²) in [6, 6.07) is 8.24. The maximum atomic E-state index is 11.9. The second kappa shape index (κ2) is 6.42. The third kappa shape index (κ3) is 4.02. The van der Waals surface area contributed by atoms with Crippen LogP contribution in [0, 0.1) is 13.8 Å². The number of benzene rings is 1. The van der Waals surface area contributed by atoms with Crippen molar-refractivity contribution in [3.05, 3.63) is 52.4 Å². The summed E-state index contributed by atoms with van der Waals surface area (Å²) in [4.78, 5) is 11.9. The number of anilines is 1. The van der Waals surface area contributed by atoms with Crippen LogP contribution in [0.3, 0.4) is 0 Å². The van der Waals surface area contributed by atoms with E-state index in [9.17, 15) is 9.90 Å². The van der Waals surface area contributed by atoms with Crippen molar-refractivity contribution in [2.45, 2.75) is 26.4 Å². The minimum atomic E-state index is -1.28. The van der Waals surface area contributed by atoms with Crippen LogP contribution in [0.25, 0.3) is 0 Å². The summed E-state index contributed by atoms with van der Waals surface area (Å²) in [6.07, 6.45) is 0. The maximum absolute atomic E-state index is 11.9. The van der Waals surface area contributed by atoms with E-state index in [2.05, 4.69) is 10.6 Å². The lowest BCUT2D eigenvalue weighted by Gasteiger charge is -2.21. The number of carbonyl (C=O) groups excluding carboxylic acids is 1. The Morgan fingerprint density at radius 2 is 2.05 bits per heavy atom. The first-order valence-corrected chi connectivity index (χ1v) is 7.26. The lowest BCUT2D eigenvalue weighted by Crippen LogP contribution is -2.40. The van der Waals surface area contributed by atoms with Crippen molar-refractivity contribution < 1.29 is 14.3 Å². The monoisotopic (exact) mass is 322 g/mol. The molecule has 1 atom stereocenters. The zero-order chi connectivity index (χ0) is 16.3. The topological polar surface area (TPSA) is 74.5 Å². The number of aryl methyl sites for hydroxylation is 2. The lowest BCUT2D eigenvalue weighted by molar-refractivity contribution is 0.0364. The van der Waals surface area contributed by atoms with Gasteiger partial charge >= 0.3 is 6.03 Å². The summed E-state index contributed by atoms with van der Waals surface area (Å²) in [7, 11) is 0. The summed E-state index contributed by atoms with van der Waals surface area (Å²) in [6.45, 7) is 5.25. The Labute approximate surface area is 134 Å². The van der Waals surface area contributed by atoms with Gasteiger partial charge in [-0.15, -0.1) is 0 Å². The second-order valence-corrected chi connectivity index (χ2v) is 5.89. The molecular formula is C16H19ClN2O3. The largest absolute Gasteiger partial charge is 0.463 e. The molecule has 6 heteroatoms. The SMILES string of the molecule is Cc1ccc(C(C)(O)CNC(=O)Nc2ccc(Cl)cc2C)o1. The summed E-state index contributed by atoms with van der Waals surface area (Å²) >= 11 is 5.87. The zero-order valence-electron chi connectivity index (χ0n) is 12.7. The highest BCUT2D eigenvalue weighted by Gasteiger charge is 2.27. The van der Waals surface area contributed by atoms with E-state index in [1.807, 2.05) is 6.92 Å². The van der Waals surface area contributed by atoms with Gasteiger partial charge in [0.1, 0.15) is 17.1 Å². The number of amides is 2. The molecule has 2 rings (SSSR count). The molecule has 2 amide bonds. The molecule has 0 aliphatic rings. The molecule has 118 valence electrons. The molecule has 0 aliphatic carbocycles. The average molecular weight is 323 g/mol. The van der Waals surface area contributed by atoms with E-state index in [1.54, 1.807) is 44.2 Å². The van der Waals surface area contributed by atoms with E-state index in [0.29, 0.717) is 22.2 Å². The van der Waals surface area contributed by atoms with Crippen molar-refractivity contribution in [2.75, 3.05) is 11.9 Å². The van der Waals surface area contributed by atoms with E-state index in [1.165, 1.54) is 0 Å². The van der Waals surface area contributed by atoms with Crippen LogP contribution in [-0.2, 0) is 5.60 Å². The Hall–Kier alpha value is -1.98. The van der Waals surface area contributed by atoms with Crippen molar-refractivity contribution in [1.82, 2.24) is 5.32 Å². The standard InChI is InChI=1S/C16H19ClN2O3/c1-10-8-12(17)5-6-13(10)19-15(20)18-9-16(3,21)14-7-4-11(2)22-14/h4-8,21H,9H2,1-3H3,(H2,18,19,20). The molecular weight excluding hydrogens is 304 g/mol. The number of hydrogen-bond donors (Lipinski definition) is 3. The predicted octanol–water partition coefficient (Wildman–Crippen LogP) is 3.58. The molecule has 1 aromatic carbocycles. The van der Waals surface area contributed by atoms with Gasteiger partial charge in [-0.2, -0.15) is 0 Å². The van der Waals surface area contributed by atoms with Gasteiger partial charge in [0.25, 0.3) is 0 Å². The highest BCUT2D eigenvalue weighted by atomic mass is 35.5. The van der Waals surface area contributed by atoms with Gasteiger partial charge in [0.2, 0.25) is 0 Å². The Morgan fingerprint density at radius 1 is 1.32 bits per heavy atom. The number of halogens is 1. The van der Waals surface area contributed by atoms with Crippen LogP contribution in [0.15, 0.2) is 34.7 Å². The van der Waals surface area contributed by atoms with Crippen molar-refractivity contribution >= 4 is 23.3 Å². The second-order valence-electron chi connectivity index (χ2n) is 5.45. The molecule has 0 saturated carbocycles. The molecule has 5 nitrogen and oxygen atoms in total. The molecule has 22 heavy (non-hydrogen) atoms. The van der Waals surface area contributed by atoms with Gasteiger partial charge in [0.05, 0.1) is 6.54 Å². The number of carbonyl (C=O) groups is 1. The van der Waals surface area contributed by atoms with Crippen LogP contribution in [0.5, 0.6) is 0 Å². The van der Waals surface area contributed by atoms with Gasteiger partial charge in [0.15, 0.2) is 0 Å². The lowest BCUT2D eigenvalue weighted by atomic mass is 10.0. The summed E-state index contributed by atoms with van der Waals surface area (Å²) in [5.74, 6) is 1.12. The summed E-state index contributed by atoms with van der Waals surface area (Å²) in [5, 5.41) is 16.3. The Bertz CT molecular complexity index is 680. The van der Waals surface area contributed by atoms with E-state index in [-0.39, 0.29) is 6.54 Å². The van der Waals surface area contributed by atoms with Crippen LogP contribution in [0.1, 0.15) is 24.0 Å². The Balaban J connectivity index is 1.95. The van der Waals surface area contributed by atoms with Crippen LogP contribution in [0.2, 0.25) is 5.02 Å². The molecule has 0 spiro atoms. The van der Waals surface area contributed by atoms with Crippen molar-refractivity contribution in [3.63, 3.8) is 0 Å². The minimum absolute atomic E-state index is 0.0262. The highest BCUT2D eigenvalue weighted by Crippen LogP contribution is 2.22. The molecule has 1 heterocycles. The van der Waals surface area contributed by atoms with Crippen LogP contribution >= 0.6 is 11.6 Å². The van der Waals surface area contributed by atoms with E-state index < -0.39 is 11.6 Å². The fraction of sp³-hybridized carbons (Fsp3) is 0.312. The van der Waals surface area contributed by atoms with Gasteiger partial charge in [-0.25, -0.2) is 4.79 Å². The van der Waals surface area contributed by atoms with Crippen molar-refractivity contribution in [3.8, 4) is 0 Å². The van der Waals surface area contributed by atoms with Gasteiger partial charge in [-0.1, -0.05) is 11.6 Å². The Morgan fingerprint density at radius 3 is 2.64 bits per heavy atom. The first-order valence-electron chi connectivity index (χ1n) is 6.88. The fourth-order valence-corrected chi connectivity index (χ4v) is 2.22. The van der Waals surface area contributed by atoms with Crippen LogP contribution in [-0.4, -0.2) is 17.7 Å². The number of hydrogen-bond acceptors (Lipinski definition) is 3. The van der Waals surface area contributed by atoms with E-state index >= 15 is 0 Å². The molecule has 0 bridgehead atoms. The molecule has 3 N–H and O–H groups in total. The fourth-order valence-electron chi connectivity index (χ4n) is 2.00. The molecule has 2 aromatic rings. The molecule has 0 aliphatic heterocycles. The number of urea groups is 1. The summed E-state index contributed by atoms with van der Waals surface area (Å²) in [5.41, 5.74) is 0.243. The minimum Gasteiger partial charge on any atom is -0.463 e. The van der Waals surface area contributed by atoms with Gasteiger partial charge in [-0.3, -0.25) is 0 Å². The van der Waals surface area contributed by atoms with Gasteiger partial charge in [0, 0.05) is 10.7 Å². The Kier molecular flexibility index (Phi) is 4.78. The smallest absolute Gasteiger partial charge is 0.319 e. The molecule has 0 fully saturated rings. The van der Waals surface area contributed by atoms with E-state index in [0.717, 1.165) is 5.56 Å². The van der Waals surface area contributed by atoms with E-state index in [4.69, 9.17) is 16.0 Å². The quantitative estimate of drug-likeness (QED) is 0.805. The summed E-state index contributed by atoms with van der Waals surface area (Å²) < 4.78 is 5.39. The van der Waals surface area contributed by atoms with Gasteiger partial charge < -0.3 is 20.2 Å². The average Bonchev–Trinajstić information content (AvgIpc) is 2.87. The van der Waals surface area contributed by atoms with Gasteiger partial charge in [-0.05, 0) is 56.7 Å². The molecule has 0 saturated heterocycles. The number of aliphatic hydroxyl groups is 1. The number of rotatable bonds is 4. The number of nitrogens with one attached hydrogen (secondary N) is 2. The normalized spacial score (nSPS) is 13.5. The van der Waals surface area contributed by atoms with Crippen LogP contribution < -0.4 is 10.6 Å². The third-order valence-electron chi connectivity index (χ3n) is 3.30. The van der Waals surface area contributed by atoms with Crippen molar-refractivity contribution in [2.24, 2.45) is 0 Å². The molecule has 1 aromatic heterocycles. The molecule has 1 unspecified atom stereocenters. The predicted molar refractivity (Wildman–Crippen MR) is 86.2 cm³/mol. The third-order valence-corrected chi connectivity index (χ3v) is 3.54. The highest BCUT2D eigenvalue weighted by molar-refractivity contribution is 6.30. The zero-order valence-corrected chi connectivity index (χ0v) is 13.5. The molecule has 0 radical (unpaired) electrons. The maximum Gasteiger partial charge on any atom is 0.319 e. The first-order chi connectivity index (χ1) is 10.3. The number of furan rings is 1. The first kappa shape index (κ1) is 16.4. The van der Waals surface area contributed by atoms with Crippen molar-refractivity contribution in [1.29, 1.82) is 0 Å².